The Hall–Kier alpha value is -1.29. The van der Waals surface area contributed by atoms with E-state index in [2.05, 4.69) is 26.3 Å². The van der Waals surface area contributed by atoms with Crippen molar-refractivity contribution >= 4 is 5.95 Å². The number of hydrogen-bond donors (Lipinski definition) is 1. The second-order valence-corrected chi connectivity index (χ2v) is 4.22. The lowest BCUT2D eigenvalue weighted by Gasteiger charge is -2.26. The quantitative estimate of drug-likeness (QED) is 0.758. The van der Waals surface area contributed by atoms with Crippen LogP contribution in [0.5, 0.6) is 0 Å². The molecule has 1 aromatic rings. The first-order chi connectivity index (χ1) is 7.86. The molecule has 0 bridgehead atoms. The molecule has 88 valence electrons. The van der Waals surface area contributed by atoms with Gasteiger partial charge in [-0.05, 0) is 19.9 Å². The maximum atomic E-state index is 4.46. The summed E-state index contributed by atoms with van der Waals surface area (Å²) < 4.78 is 2.15. The highest BCUT2D eigenvalue weighted by molar-refractivity contribution is 5.35. The average molecular weight is 220 g/mol. The number of likely N-dealkylation sites (N-methyl/N-ethyl adjacent to an activating group) is 1. The van der Waals surface area contributed by atoms with Gasteiger partial charge in [-0.1, -0.05) is 6.08 Å². The monoisotopic (exact) mass is 220 g/mol. The summed E-state index contributed by atoms with van der Waals surface area (Å²) in [6.45, 7) is 6.75. The topological polar surface area (TPSA) is 33.1 Å². The number of nitrogens with one attached hydrogen (secondary N) is 1. The summed E-state index contributed by atoms with van der Waals surface area (Å²) in [4.78, 5) is 6.87. The summed E-state index contributed by atoms with van der Waals surface area (Å²) in [5.41, 5.74) is 0. The molecule has 1 aromatic heterocycles. The third kappa shape index (κ3) is 2.11. The van der Waals surface area contributed by atoms with E-state index in [4.69, 9.17) is 0 Å². The number of allylic oxidation sites excluding steroid dienone is 1. The predicted molar refractivity (Wildman–Crippen MR) is 66.7 cm³/mol. The summed E-state index contributed by atoms with van der Waals surface area (Å²) in [5.74, 6) is 1.08. The van der Waals surface area contributed by atoms with E-state index in [1.165, 1.54) is 12.8 Å². The molecule has 16 heavy (non-hydrogen) atoms. The molecule has 0 spiro atoms. The van der Waals surface area contributed by atoms with Gasteiger partial charge in [-0.2, -0.15) is 0 Å². The Balaban J connectivity index is 2.15. The van der Waals surface area contributed by atoms with Crippen molar-refractivity contribution in [2.75, 3.05) is 25.0 Å². The van der Waals surface area contributed by atoms with Crippen LogP contribution in [0, 0.1) is 0 Å². The van der Waals surface area contributed by atoms with Crippen LogP contribution in [-0.2, 0) is 6.54 Å². The Labute approximate surface area is 97.0 Å². The van der Waals surface area contributed by atoms with Gasteiger partial charge < -0.3 is 14.8 Å². The van der Waals surface area contributed by atoms with E-state index in [1.807, 2.05) is 25.5 Å². The van der Waals surface area contributed by atoms with Crippen molar-refractivity contribution < 1.29 is 0 Å². The van der Waals surface area contributed by atoms with E-state index in [9.17, 15) is 0 Å². The summed E-state index contributed by atoms with van der Waals surface area (Å²) in [5, 5.41) is 3.25. The SMILES string of the molecule is C=CCn1ccnc1N1CCCC1CNC. The number of anilines is 1. The van der Waals surface area contributed by atoms with E-state index in [1.54, 1.807) is 0 Å². The van der Waals surface area contributed by atoms with Gasteiger partial charge in [-0.3, -0.25) is 0 Å². The minimum Gasteiger partial charge on any atom is -0.338 e. The second-order valence-electron chi connectivity index (χ2n) is 4.22. The smallest absolute Gasteiger partial charge is 0.206 e. The molecule has 0 aromatic carbocycles. The van der Waals surface area contributed by atoms with Crippen LogP contribution in [0.25, 0.3) is 0 Å². The van der Waals surface area contributed by atoms with Gasteiger partial charge in [0.1, 0.15) is 0 Å². The molecule has 1 aliphatic heterocycles. The molecule has 2 heterocycles. The van der Waals surface area contributed by atoms with Crippen molar-refractivity contribution in [2.24, 2.45) is 0 Å². The van der Waals surface area contributed by atoms with E-state index in [-0.39, 0.29) is 0 Å². The van der Waals surface area contributed by atoms with Crippen LogP contribution < -0.4 is 10.2 Å². The maximum Gasteiger partial charge on any atom is 0.206 e. The fourth-order valence-electron chi connectivity index (χ4n) is 2.39. The third-order valence-corrected chi connectivity index (χ3v) is 3.09. The Morgan fingerprint density at radius 1 is 1.69 bits per heavy atom. The van der Waals surface area contributed by atoms with Crippen LogP contribution in [0.3, 0.4) is 0 Å². The van der Waals surface area contributed by atoms with Crippen molar-refractivity contribution in [1.82, 2.24) is 14.9 Å². The van der Waals surface area contributed by atoms with Gasteiger partial charge in [0.05, 0.1) is 0 Å². The number of nitrogens with zero attached hydrogens (tertiary/aromatic N) is 3. The van der Waals surface area contributed by atoms with Gasteiger partial charge in [0.25, 0.3) is 0 Å². The van der Waals surface area contributed by atoms with Crippen LogP contribution in [0.15, 0.2) is 25.0 Å². The summed E-state index contributed by atoms with van der Waals surface area (Å²) >= 11 is 0. The lowest BCUT2D eigenvalue weighted by molar-refractivity contribution is 0.598. The van der Waals surface area contributed by atoms with Crippen molar-refractivity contribution in [3.8, 4) is 0 Å². The molecule has 1 atom stereocenters. The molecular weight excluding hydrogens is 200 g/mol. The standard InChI is InChI=1S/C12H20N4/c1-3-7-15-9-6-14-12(15)16-8-4-5-11(16)10-13-2/h3,6,9,11,13H,1,4-5,7-8,10H2,2H3. The molecule has 0 saturated carbocycles. The predicted octanol–water partition coefficient (Wildman–Crippen LogP) is 1.26. The van der Waals surface area contributed by atoms with Crippen LogP contribution in [0.1, 0.15) is 12.8 Å². The van der Waals surface area contributed by atoms with Crippen LogP contribution in [-0.4, -0.2) is 35.7 Å². The fourth-order valence-corrected chi connectivity index (χ4v) is 2.39. The first-order valence-corrected chi connectivity index (χ1v) is 5.90. The van der Waals surface area contributed by atoms with Crippen molar-refractivity contribution in [1.29, 1.82) is 0 Å². The number of hydrogen-bond acceptors (Lipinski definition) is 3. The fraction of sp³-hybridized carbons (Fsp3) is 0.583. The molecule has 0 amide bonds. The van der Waals surface area contributed by atoms with E-state index < -0.39 is 0 Å². The van der Waals surface area contributed by atoms with Gasteiger partial charge in [-0.15, -0.1) is 6.58 Å². The molecule has 1 N–H and O–H groups in total. The van der Waals surface area contributed by atoms with Crippen LogP contribution in [0.2, 0.25) is 0 Å². The lowest BCUT2D eigenvalue weighted by Crippen LogP contribution is -2.38. The Morgan fingerprint density at radius 2 is 2.56 bits per heavy atom. The largest absolute Gasteiger partial charge is 0.338 e. The van der Waals surface area contributed by atoms with Crippen LogP contribution >= 0.6 is 0 Å². The molecule has 1 saturated heterocycles. The highest BCUT2D eigenvalue weighted by Crippen LogP contribution is 2.23. The second kappa shape index (κ2) is 5.16. The Kier molecular flexibility index (Phi) is 3.62. The molecule has 0 aliphatic carbocycles. The van der Waals surface area contributed by atoms with Crippen molar-refractivity contribution in [3.05, 3.63) is 25.0 Å². The Morgan fingerprint density at radius 3 is 3.31 bits per heavy atom. The lowest BCUT2D eigenvalue weighted by atomic mass is 10.2. The summed E-state index contributed by atoms with van der Waals surface area (Å²) in [6, 6.07) is 0.580. The summed E-state index contributed by atoms with van der Waals surface area (Å²) in [7, 11) is 2.01. The van der Waals surface area contributed by atoms with Gasteiger partial charge in [-0.25, -0.2) is 4.98 Å². The molecule has 4 nitrogen and oxygen atoms in total. The zero-order chi connectivity index (χ0) is 11.4. The molecule has 1 fully saturated rings. The summed E-state index contributed by atoms with van der Waals surface area (Å²) in [6.07, 6.45) is 8.31. The highest BCUT2D eigenvalue weighted by Gasteiger charge is 2.26. The van der Waals surface area contributed by atoms with Crippen molar-refractivity contribution in [2.45, 2.75) is 25.4 Å². The molecule has 4 heteroatoms. The zero-order valence-corrected chi connectivity index (χ0v) is 9.89. The maximum absolute atomic E-state index is 4.46. The van der Waals surface area contributed by atoms with Gasteiger partial charge in [0, 0.05) is 38.1 Å². The normalized spacial score (nSPS) is 20.3. The van der Waals surface area contributed by atoms with E-state index >= 15 is 0 Å². The third-order valence-electron chi connectivity index (χ3n) is 3.09. The first kappa shape index (κ1) is 11.2. The minimum absolute atomic E-state index is 0.580. The van der Waals surface area contributed by atoms with E-state index in [0.29, 0.717) is 6.04 Å². The number of aromatic nitrogens is 2. The van der Waals surface area contributed by atoms with Crippen molar-refractivity contribution in [3.63, 3.8) is 0 Å². The zero-order valence-electron chi connectivity index (χ0n) is 9.89. The molecule has 0 radical (unpaired) electrons. The Bertz CT molecular complexity index is 345. The van der Waals surface area contributed by atoms with E-state index in [0.717, 1.165) is 25.6 Å². The molecule has 1 unspecified atom stereocenters. The molecular formula is C12H20N4. The highest BCUT2D eigenvalue weighted by atomic mass is 15.3. The number of imidazole rings is 1. The van der Waals surface area contributed by atoms with Crippen LogP contribution in [0.4, 0.5) is 5.95 Å². The first-order valence-electron chi connectivity index (χ1n) is 5.90. The molecule has 2 rings (SSSR count). The molecule has 1 aliphatic rings. The van der Waals surface area contributed by atoms with Gasteiger partial charge in [0.2, 0.25) is 5.95 Å². The number of rotatable bonds is 5. The van der Waals surface area contributed by atoms with Gasteiger partial charge in [0.15, 0.2) is 0 Å². The minimum atomic E-state index is 0.580. The average Bonchev–Trinajstić information content (AvgIpc) is 2.87. The van der Waals surface area contributed by atoms with Gasteiger partial charge >= 0.3 is 0 Å².